The van der Waals surface area contributed by atoms with Gasteiger partial charge in [-0.1, -0.05) is 93.8 Å². The fraction of sp³-hybridized carbons (Fsp3) is 0.528. The van der Waals surface area contributed by atoms with Crippen molar-refractivity contribution in [3.05, 3.63) is 103 Å². The van der Waals surface area contributed by atoms with Crippen LogP contribution in [0.4, 0.5) is 0 Å². The molecule has 1 aromatic heterocycles. The molecular formula is C36H59N3. The van der Waals surface area contributed by atoms with Crippen molar-refractivity contribution in [2.75, 3.05) is 7.05 Å². The van der Waals surface area contributed by atoms with Gasteiger partial charge in [-0.25, -0.2) is 0 Å². The molecule has 2 atom stereocenters. The smallest absolute Gasteiger partial charge is 0.0314 e. The van der Waals surface area contributed by atoms with Crippen molar-refractivity contribution < 1.29 is 0 Å². The summed E-state index contributed by atoms with van der Waals surface area (Å²) < 4.78 is 0. The van der Waals surface area contributed by atoms with E-state index in [1.165, 1.54) is 56.1 Å². The first kappa shape index (κ1) is 36.4. The zero-order valence-corrected chi connectivity index (χ0v) is 26.3. The summed E-state index contributed by atoms with van der Waals surface area (Å²) in [5.74, 6) is 1.91. The summed E-state index contributed by atoms with van der Waals surface area (Å²) >= 11 is 0. The molecular weight excluding hydrogens is 474 g/mol. The van der Waals surface area contributed by atoms with Gasteiger partial charge in [0, 0.05) is 30.2 Å². The Balaban J connectivity index is 0.000000506. The number of hydrogen-bond acceptors (Lipinski definition) is 3. The van der Waals surface area contributed by atoms with Crippen LogP contribution in [0.1, 0.15) is 90.2 Å². The van der Waals surface area contributed by atoms with Crippen molar-refractivity contribution in [1.29, 1.82) is 0 Å². The zero-order valence-electron chi connectivity index (χ0n) is 26.3. The van der Waals surface area contributed by atoms with Crippen LogP contribution in [0.2, 0.25) is 0 Å². The standard InChI is InChI=1S/C13H23N.C8H15N.C7H8.C6H7N.C2H6/c1-10(2)14-13(12-8-9-12)11-6-4-3-5-7-11;1-5-6-8(9-4)7(2)3;1-7-5-3-2-4-6-7;1-6-2-4-7-5-3-6;1-2/h11-14H,1,3-9H2,2H3;5,8-9H,1-2,6H2,3-4H3;2-6H,1H3;2-5H,1H3;1-2H3. The number of allylic oxidation sites excluding steroid dienone is 1. The van der Waals surface area contributed by atoms with E-state index in [4.69, 9.17) is 0 Å². The Morgan fingerprint density at radius 1 is 0.872 bits per heavy atom. The molecule has 2 unspecified atom stereocenters. The Morgan fingerprint density at radius 3 is 1.69 bits per heavy atom. The molecule has 0 spiro atoms. The van der Waals surface area contributed by atoms with E-state index in [9.17, 15) is 0 Å². The second-order valence-corrected chi connectivity index (χ2v) is 10.6. The molecule has 3 heteroatoms. The Morgan fingerprint density at radius 2 is 1.38 bits per heavy atom. The predicted molar refractivity (Wildman–Crippen MR) is 175 cm³/mol. The highest BCUT2D eigenvalue weighted by Crippen LogP contribution is 2.40. The van der Waals surface area contributed by atoms with Crippen molar-refractivity contribution in [2.24, 2.45) is 11.8 Å². The Hall–Kier alpha value is -2.65. The van der Waals surface area contributed by atoms with Crippen LogP contribution in [0.15, 0.2) is 91.9 Å². The SMILES string of the molecule is C=C(C)NC(C1CCCCC1)C1CC1.C=CCC(NC)C(=C)C.CC.Cc1ccccc1.Cc1ccncc1. The average Bonchev–Trinajstić information content (AvgIpc) is 3.79. The number of likely N-dealkylation sites (N-methyl/N-ethyl adjacent to an activating group) is 1. The number of benzene rings is 1. The topological polar surface area (TPSA) is 37.0 Å². The van der Waals surface area contributed by atoms with E-state index in [2.05, 4.69) is 61.3 Å². The van der Waals surface area contributed by atoms with Gasteiger partial charge >= 0.3 is 0 Å². The Kier molecular flexibility index (Phi) is 21.7. The molecule has 2 aromatic rings. The van der Waals surface area contributed by atoms with Crippen LogP contribution in [-0.4, -0.2) is 24.1 Å². The zero-order chi connectivity index (χ0) is 29.5. The van der Waals surface area contributed by atoms with Crippen LogP contribution in [0.3, 0.4) is 0 Å². The summed E-state index contributed by atoms with van der Waals surface area (Å²) in [6.45, 7) is 23.7. The third-order valence-corrected chi connectivity index (χ3v) is 6.83. The molecule has 0 aliphatic heterocycles. The molecule has 1 heterocycles. The summed E-state index contributed by atoms with van der Waals surface area (Å²) in [5.41, 5.74) is 4.90. The molecule has 2 aliphatic carbocycles. The highest BCUT2D eigenvalue weighted by Gasteiger charge is 2.36. The van der Waals surface area contributed by atoms with E-state index in [-0.39, 0.29) is 0 Å². The summed E-state index contributed by atoms with van der Waals surface area (Å²) in [6.07, 6.45) is 16.6. The molecule has 0 amide bonds. The molecule has 0 bridgehead atoms. The van der Waals surface area contributed by atoms with Crippen molar-refractivity contribution >= 4 is 0 Å². The van der Waals surface area contributed by atoms with Gasteiger partial charge in [-0.3, -0.25) is 4.98 Å². The molecule has 0 saturated heterocycles. The van der Waals surface area contributed by atoms with Gasteiger partial charge < -0.3 is 10.6 Å². The lowest BCUT2D eigenvalue weighted by Crippen LogP contribution is -2.37. The second kappa shape index (κ2) is 23.3. The first-order valence-electron chi connectivity index (χ1n) is 15.0. The highest BCUT2D eigenvalue weighted by molar-refractivity contribution is 5.11. The maximum absolute atomic E-state index is 3.99. The minimum atomic E-state index is 0.405. The molecule has 0 radical (unpaired) electrons. The largest absolute Gasteiger partial charge is 0.386 e. The number of aromatic nitrogens is 1. The molecule has 218 valence electrons. The maximum Gasteiger partial charge on any atom is 0.0314 e. The van der Waals surface area contributed by atoms with Gasteiger partial charge in [-0.2, -0.15) is 0 Å². The number of rotatable bonds is 8. The molecule has 1 aromatic carbocycles. The molecule has 2 fully saturated rings. The lowest BCUT2D eigenvalue weighted by atomic mass is 9.82. The number of hydrogen-bond donors (Lipinski definition) is 2. The van der Waals surface area contributed by atoms with Crippen LogP contribution in [0.5, 0.6) is 0 Å². The summed E-state index contributed by atoms with van der Waals surface area (Å²) in [5, 5.41) is 6.75. The van der Waals surface area contributed by atoms with Crippen molar-refractivity contribution in [3.8, 4) is 0 Å². The van der Waals surface area contributed by atoms with E-state index < -0.39 is 0 Å². The van der Waals surface area contributed by atoms with E-state index in [1.807, 2.05) is 71.2 Å². The fourth-order valence-electron chi connectivity index (χ4n) is 4.55. The molecule has 2 aliphatic rings. The monoisotopic (exact) mass is 533 g/mol. The van der Waals surface area contributed by atoms with Gasteiger partial charge in [0.1, 0.15) is 0 Å². The molecule has 3 nitrogen and oxygen atoms in total. The molecule has 39 heavy (non-hydrogen) atoms. The number of nitrogens with one attached hydrogen (secondary N) is 2. The number of nitrogens with zero attached hydrogens (tertiary/aromatic N) is 1. The van der Waals surface area contributed by atoms with E-state index in [1.54, 1.807) is 12.4 Å². The van der Waals surface area contributed by atoms with Gasteiger partial charge in [0.05, 0.1) is 0 Å². The minimum Gasteiger partial charge on any atom is -0.386 e. The fourth-order valence-corrected chi connectivity index (χ4v) is 4.55. The molecule has 4 rings (SSSR count). The first-order chi connectivity index (χ1) is 18.8. The Labute approximate surface area is 242 Å². The second-order valence-electron chi connectivity index (χ2n) is 10.6. The van der Waals surface area contributed by atoms with Crippen LogP contribution >= 0.6 is 0 Å². The molecule has 2 saturated carbocycles. The van der Waals surface area contributed by atoms with E-state index in [0.29, 0.717) is 6.04 Å². The normalized spacial score (nSPS) is 15.5. The Bertz CT molecular complexity index is 827. The summed E-state index contributed by atoms with van der Waals surface area (Å²) in [7, 11) is 1.93. The first-order valence-corrected chi connectivity index (χ1v) is 15.0. The maximum atomic E-state index is 3.99. The van der Waals surface area contributed by atoms with Crippen molar-refractivity contribution in [3.63, 3.8) is 0 Å². The predicted octanol–water partition coefficient (Wildman–Crippen LogP) is 9.61. The lowest BCUT2D eigenvalue weighted by molar-refractivity contribution is 0.260. The third kappa shape index (κ3) is 19.1. The number of aryl methyl sites for hydroxylation is 2. The highest BCUT2D eigenvalue weighted by atomic mass is 14.9. The van der Waals surface area contributed by atoms with Gasteiger partial charge in [-0.05, 0) is 96.4 Å². The third-order valence-electron chi connectivity index (χ3n) is 6.83. The van der Waals surface area contributed by atoms with E-state index >= 15 is 0 Å². The minimum absolute atomic E-state index is 0.405. The number of pyridine rings is 1. The summed E-state index contributed by atoms with van der Waals surface area (Å²) in [6, 6.07) is 15.4. The van der Waals surface area contributed by atoms with Crippen LogP contribution < -0.4 is 10.6 Å². The van der Waals surface area contributed by atoms with Gasteiger partial charge in [0.2, 0.25) is 0 Å². The van der Waals surface area contributed by atoms with Crippen molar-refractivity contribution in [1.82, 2.24) is 15.6 Å². The van der Waals surface area contributed by atoms with Crippen LogP contribution in [0, 0.1) is 25.7 Å². The quantitative estimate of drug-likeness (QED) is 0.332. The van der Waals surface area contributed by atoms with Crippen molar-refractivity contribution in [2.45, 2.75) is 105 Å². The van der Waals surface area contributed by atoms with E-state index in [0.717, 1.165) is 35.6 Å². The van der Waals surface area contributed by atoms with Gasteiger partial charge in [0.15, 0.2) is 0 Å². The van der Waals surface area contributed by atoms with Gasteiger partial charge in [-0.15, -0.1) is 6.58 Å². The lowest BCUT2D eigenvalue weighted by Gasteiger charge is -2.32. The summed E-state index contributed by atoms with van der Waals surface area (Å²) in [4.78, 5) is 3.85. The molecule has 2 N–H and O–H groups in total. The van der Waals surface area contributed by atoms with Crippen LogP contribution in [-0.2, 0) is 0 Å². The van der Waals surface area contributed by atoms with Gasteiger partial charge in [0.25, 0.3) is 0 Å². The van der Waals surface area contributed by atoms with Crippen LogP contribution in [0.25, 0.3) is 0 Å². The average molecular weight is 534 g/mol.